The Morgan fingerprint density at radius 3 is 2.64 bits per heavy atom. The van der Waals surface area contributed by atoms with Crippen LogP contribution in [0.15, 0.2) is 53.9 Å². The van der Waals surface area contributed by atoms with Gasteiger partial charge in [0.25, 0.3) is 5.91 Å². The van der Waals surface area contributed by atoms with Crippen molar-refractivity contribution in [3.63, 3.8) is 0 Å². The van der Waals surface area contributed by atoms with E-state index in [0.29, 0.717) is 5.56 Å². The van der Waals surface area contributed by atoms with Crippen molar-refractivity contribution in [2.45, 2.75) is 33.2 Å². The van der Waals surface area contributed by atoms with Gasteiger partial charge in [0, 0.05) is 16.5 Å². The van der Waals surface area contributed by atoms with Gasteiger partial charge < -0.3 is 5.32 Å². The maximum Gasteiger partial charge on any atom is 0.251 e. The molecule has 0 fully saturated rings. The Kier molecular flexibility index (Phi) is 5.29. The topological polar surface area (TPSA) is 42.0 Å². The molecule has 128 valence electrons. The van der Waals surface area contributed by atoms with E-state index >= 15 is 0 Å². The van der Waals surface area contributed by atoms with Gasteiger partial charge in [0.1, 0.15) is 5.01 Å². The molecule has 4 heteroatoms. The van der Waals surface area contributed by atoms with E-state index in [9.17, 15) is 4.79 Å². The average molecular weight is 350 g/mol. The van der Waals surface area contributed by atoms with Gasteiger partial charge in [-0.1, -0.05) is 42.8 Å². The third-order valence-electron chi connectivity index (χ3n) is 4.24. The van der Waals surface area contributed by atoms with E-state index < -0.39 is 0 Å². The Hall–Kier alpha value is -2.46. The van der Waals surface area contributed by atoms with E-state index in [4.69, 9.17) is 4.98 Å². The molecular formula is C21H22N2OS. The Morgan fingerprint density at radius 2 is 1.92 bits per heavy atom. The molecule has 3 nitrogen and oxygen atoms in total. The second-order valence-electron chi connectivity index (χ2n) is 6.19. The van der Waals surface area contributed by atoms with Crippen LogP contribution in [0.1, 0.15) is 45.9 Å². The lowest BCUT2D eigenvalue weighted by atomic mass is 10.0. The molecule has 1 heterocycles. The summed E-state index contributed by atoms with van der Waals surface area (Å²) < 4.78 is 0. The van der Waals surface area contributed by atoms with Crippen LogP contribution in [0.5, 0.6) is 0 Å². The molecule has 3 rings (SSSR count). The van der Waals surface area contributed by atoms with E-state index in [1.807, 2.05) is 30.3 Å². The van der Waals surface area contributed by atoms with Gasteiger partial charge in [-0.2, -0.15) is 0 Å². The minimum absolute atomic E-state index is 0.0593. The van der Waals surface area contributed by atoms with Crippen LogP contribution in [0.3, 0.4) is 0 Å². The first-order chi connectivity index (χ1) is 12.1. The molecule has 0 spiro atoms. The Morgan fingerprint density at radius 1 is 1.16 bits per heavy atom. The van der Waals surface area contributed by atoms with Gasteiger partial charge in [-0.05, 0) is 44.0 Å². The van der Waals surface area contributed by atoms with Gasteiger partial charge in [0.15, 0.2) is 0 Å². The lowest BCUT2D eigenvalue weighted by Gasteiger charge is -2.14. The van der Waals surface area contributed by atoms with Crippen molar-refractivity contribution in [3.8, 4) is 11.3 Å². The summed E-state index contributed by atoms with van der Waals surface area (Å²) in [5.41, 5.74) is 5.25. The first-order valence-electron chi connectivity index (χ1n) is 8.47. The number of hydrogen-bond acceptors (Lipinski definition) is 3. The van der Waals surface area contributed by atoms with Crippen molar-refractivity contribution in [3.05, 3.63) is 75.6 Å². The lowest BCUT2D eigenvalue weighted by molar-refractivity contribution is 0.0935. The minimum Gasteiger partial charge on any atom is -0.343 e. The van der Waals surface area contributed by atoms with Gasteiger partial charge in [-0.3, -0.25) is 4.79 Å². The summed E-state index contributed by atoms with van der Waals surface area (Å²) in [6.07, 6.45) is 0.804. The van der Waals surface area contributed by atoms with Crippen LogP contribution in [0.2, 0.25) is 0 Å². The van der Waals surface area contributed by atoms with Crippen molar-refractivity contribution in [1.29, 1.82) is 0 Å². The zero-order valence-corrected chi connectivity index (χ0v) is 15.6. The summed E-state index contributed by atoms with van der Waals surface area (Å²) in [6.45, 7) is 6.25. The number of carbonyl (C=O) groups excluding carboxylic acids is 1. The molecule has 0 saturated heterocycles. The molecular weight excluding hydrogens is 328 g/mol. The van der Waals surface area contributed by atoms with Crippen molar-refractivity contribution in [1.82, 2.24) is 10.3 Å². The van der Waals surface area contributed by atoms with Crippen LogP contribution in [0, 0.1) is 13.8 Å². The summed E-state index contributed by atoms with van der Waals surface area (Å²) in [5.74, 6) is -0.0593. The van der Waals surface area contributed by atoms with Crippen LogP contribution >= 0.6 is 11.3 Å². The van der Waals surface area contributed by atoms with E-state index in [-0.39, 0.29) is 11.9 Å². The highest BCUT2D eigenvalue weighted by molar-refractivity contribution is 7.10. The maximum absolute atomic E-state index is 12.4. The van der Waals surface area contributed by atoms with Gasteiger partial charge in [-0.15, -0.1) is 11.3 Å². The van der Waals surface area contributed by atoms with Gasteiger partial charge in [0.05, 0.1) is 11.7 Å². The number of thiazole rings is 1. The first kappa shape index (κ1) is 17.4. The van der Waals surface area contributed by atoms with Crippen molar-refractivity contribution < 1.29 is 4.79 Å². The first-order valence-corrected chi connectivity index (χ1v) is 9.35. The fraction of sp³-hybridized carbons (Fsp3) is 0.238. The predicted molar refractivity (Wildman–Crippen MR) is 104 cm³/mol. The largest absolute Gasteiger partial charge is 0.343 e. The van der Waals surface area contributed by atoms with Gasteiger partial charge >= 0.3 is 0 Å². The molecule has 1 atom stereocenters. The Bertz CT molecular complexity index is 871. The monoisotopic (exact) mass is 350 g/mol. The highest BCUT2D eigenvalue weighted by Crippen LogP contribution is 2.29. The van der Waals surface area contributed by atoms with Crippen LogP contribution < -0.4 is 5.32 Å². The highest BCUT2D eigenvalue weighted by atomic mass is 32.1. The summed E-state index contributed by atoms with van der Waals surface area (Å²) in [5, 5.41) is 6.12. The number of benzene rings is 2. The standard InChI is InChI=1S/C21H22N2OS/c1-4-18(22-20(24)16-8-6-5-7-9-16)21-23-19(13-25-21)17-12-14(2)10-11-15(17)3/h5-13,18H,4H2,1-3H3,(H,22,24)/t18-/m1/s1. The normalized spacial score (nSPS) is 12.0. The number of nitrogens with one attached hydrogen (secondary N) is 1. The summed E-state index contributed by atoms with van der Waals surface area (Å²) in [4.78, 5) is 17.2. The SMILES string of the molecule is CC[C@@H](NC(=O)c1ccccc1)c1nc(-c2cc(C)ccc2C)cs1. The zero-order valence-electron chi connectivity index (χ0n) is 14.7. The molecule has 25 heavy (non-hydrogen) atoms. The van der Waals surface area contributed by atoms with Gasteiger partial charge in [-0.25, -0.2) is 4.98 Å². The second-order valence-corrected chi connectivity index (χ2v) is 7.08. The van der Waals surface area contributed by atoms with E-state index in [1.165, 1.54) is 11.1 Å². The fourth-order valence-corrected chi connectivity index (χ4v) is 3.71. The number of rotatable bonds is 5. The van der Waals surface area contributed by atoms with Crippen molar-refractivity contribution >= 4 is 17.2 Å². The smallest absolute Gasteiger partial charge is 0.251 e. The number of amides is 1. The van der Waals surface area contributed by atoms with Crippen LogP contribution in [-0.4, -0.2) is 10.9 Å². The summed E-state index contributed by atoms with van der Waals surface area (Å²) in [7, 11) is 0. The third-order valence-corrected chi connectivity index (χ3v) is 5.20. The molecule has 1 amide bonds. The molecule has 0 aliphatic carbocycles. The van der Waals surface area contributed by atoms with Crippen LogP contribution in [-0.2, 0) is 0 Å². The molecule has 0 radical (unpaired) electrons. The van der Waals surface area contributed by atoms with Crippen LogP contribution in [0.4, 0.5) is 0 Å². The average Bonchev–Trinajstić information content (AvgIpc) is 3.12. The Labute approximate surface area is 152 Å². The summed E-state index contributed by atoms with van der Waals surface area (Å²) >= 11 is 1.60. The van der Waals surface area contributed by atoms with Crippen LogP contribution in [0.25, 0.3) is 11.3 Å². The molecule has 3 aromatic rings. The molecule has 0 aliphatic rings. The van der Waals surface area contributed by atoms with Crippen molar-refractivity contribution in [2.24, 2.45) is 0 Å². The minimum atomic E-state index is -0.0726. The molecule has 0 saturated carbocycles. The quantitative estimate of drug-likeness (QED) is 0.678. The molecule has 0 unspecified atom stereocenters. The van der Waals surface area contributed by atoms with E-state index in [0.717, 1.165) is 22.7 Å². The molecule has 1 N–H and O–H groups in total. The Balaban J connectivity index is 1.82. The maximum atomic E-state index is 12.4. The number of aromatic nitrogens is 1. The predicted octanol–water partition coefficient (Wildman–Crippen LogP) is 5.31. The molecule has 2 aromatic carbocycles. The number of hydrogen-bond donors (Lipinski definition) is 1. The highest BCUT2D eigenvalue weighted by Gasteiger charge is 2.18. The van der Waals surface area contributed by atoms with E-state index in [1.54, 1.807) is 11.3 Å². The molecule has 0 bridgehead atoms. The third kappa shape index (κ3) is 3.97. The fourth-order valence-electron chi connectivity index (χ4n) is 2.75. The van der Waals surface area contributed by atoms with Crippen molar-refractivity contribution in [2.75, 3.05) is 0 Å². The summed E-state index contributed by atoms with van der Waals surface area (Å²) in [6, 6.07) is 15.6. The second kappa shape index (κ2) is 7.62. The zero-order chi connectivity index (χ0) is 17.8. The number of carbonyl (C=O) groups is 1. The number of aryl methyl sites for hydroxylation is 2. The lowest BCUT2D eigenvalue weighted by Crippen LogP contribution is -2.28. The van der Waals surface area contributed by atoms with E-state index in [2.05, 4.69) is 49.7 Å². The number of nitrogens with zero attached hydrogens (tertiary/aromatic N) is 1. The molecule has 0 aliphatic heterocycles. The molecule has 1 aromatic heterocycles. The van der Waals surface area contributed by atoms with Gasteiger partial charge in [0.2, 0.25) is 0 Å².